The molecule has 2 aliphatic rings. The van der Waals surface area contributed by atoms with Crippen LogP contribution in [0.3, 0.4) is 0 Å². The lowest BCUT2D eigenvalue weighted by atomic mass is 9.87. The molecule has 1 heterocycles. The highest BCUT2D eigenvalue weighted by molar-refractivity contribution is 5.96. The summed E-state index contributed by atoms with van der Waals surface area (Å²) in [6.45, 7) is 8.80. The summed E-state index contributed by atoms with van der Waals surface area (Å²) in [5, 5.41) is 3.11. The Balaban J connectivity index is 1.67. The number of aryl methyl sites for hydroxylation is 1. The van der Waals surface area contributed by atoms with E-state index in [4.69, 9.17) is 4.74 Å². The van der Waals surface area contributed by atoms with Crippen LogP contribution >= 0.6 is 0 Å². The predicted octanol–water partition coefficient (Wildman–Crippen LogP) is 5.96. The molecule has 2 aromatic carbocycles. The maximum absolute atomic E-state index is 13.7. The molecule has 2 amide bonds. The number of amides is 2. The number of carbonyl (C=O) groups excluding carboxylic acids is 2. The summed E-state index contributed by atoms with van der Waals surface area (Å²) in [6, 6.07) is 15.8. The van der Waals surface area contributed by atoms with Crippen LogP contribution in [0.5, 0.6) is 0 Å². The van der Waals surface area contributed by atoms with Crippen LogP contribution in [0, 0.1) is 6.92 Å². The Bertz CT molecular complexity index is 969. The second kappa shape index (κ2) is 8.03. The molecule has 1 saturated carbocycles. The first kappa shape index (κ1) is 21.4. The minimum Gasteiger partial charge on any atom is -0.419 e. The van der Waals surface area contributed by atoms with E-state index >= 15 is 0 Å². The van der Waals surface area contributed by atoms with Crippen molar-refractivity contribution in [3.8, 4) is 0 Å². The number of benzene rings is 2. The second-order valence-electron chi connectivity index (χ2n) is 9.87. The van der Waals surface area contributed by atoms with Crippen molar-refractivity contribution in [1.29, 1.82) is 0 Å². The Kier molecular flexibility index (Phi) is 5.54. The topological polar surface area (TPSA) is 49.9 Å². The summed E-state index contributed by atoms with van der Waals surface area (Å²) in [4.78, 5) is 26.7. The van der Waals surface area contributed by atoms with Crippen LogP contribution in [-0.4, -0.2) is 27.7 Å². The standard InChI is InChI=1S/C26H32N2O3/c1-19-9-8-10-21(17-19)23(29)28-26(15-6-5-7-16-26)31-24(30)27(28)18-20-11-13-22(14-12-20)25(2,3)4/h8-14,17H,5-7,15-16,18H2,1-4H3. The van der Waals surface area contributed by atoms with Gasteiger partial charge in [-0.25, -0.2) is 14.8 Å². The van der Waals surface area contributed by atoms with Crippen molar-refractivity contribution in [3.05, 3.63) is 70.8 Å². The third-order valence-corrected chi connectivity index (χ3v) is 6.36. The van der Waals surface area contributed by atoms with Crippen molar-refractivity contribution in [3.63, 3.8) is 0 Å². The number of hydrogen-bond acceptors (Lipinski definition) is 3. The van der Waals surface area contributed by atoms with Gasteiger partial charge >= 0.3 is 6.09 Å². The van der Waals surface area contributed by atoms with Gasteiger partial charge in [-0.3, -0.25) is 4.79 Å². The van der Waals surface area contributed by atoms with Crippen LogP contribution in [0.2, 0.25) is 0 Å². The Morgan fingerprint density at radius 3 is 2.32 bits per heavy atom. The van der Waals surface area contributed by atoms with E-state index in [1.165, 1.54) is 10.6 Å². The predicted molar refractivity (Wildman–Crippen MR) is 120 cm³/mol. The van der Waals surface area contributed by atoms with Crippen molar-refractivity contribution >= 4 is 12.0 Å². The van der Waals surface area contributed by atoms with Crippen molar-refractivity contribution in [2.24, 2.45) is 0 Å². The first-order valence-electron chi connectivity index (χ1n) is 11.2. The second-order valence-corrected chi connectivity index (χ2v) is 9.87. The molecule has 0 radical (unpaired) electrons. The number of ether oxygens (including phenoxy) is 1. The SMILES string of the molecule is Cc1cccc(C(=O)N2N(Cc3ccc(C(C)(C)C)cc3)C(=O)OC23CCCCC3)c1. The lowest BCUT2D eigenvalue weighted by Gasteiger charge is -2.40. The van der Waals surface area contributed by atoms with Gasteiger partial charge in [-0.05, 0) is 48.4 Å². The molecule has 5 heteroatoms. The average molecular weight is 421 g/mol. The molecular weight excluding hydrogens is 388 g/mol. The molecule has 2 fully saturated rings. The summed E-state index contributed by atoms with van der Waals surface area (Å²) in [5.41, 5.74) is 2.98. The van der Waals surface area contributed by atoms with E-state index in [-0.39, 0.29) is 11.3 Å². The van der Waals surface area contributed by atoms with E-state index in [0.717, 1.165) is 30.4 Å². The molecule has 0 bridgehead atoms. The Hall–Kier alpha value is -2.82. The zero-order valence-electron chi connectivity index (χ0n) is 19.0. The molecule has 1 aliphatic heterocycles. The molecule has 1 saturated heterocycles. The quantitative estimate of drug-likeness (QED) is 0.615. The van der Waals surface area contributed by atoms with Gasteiger partial charge in [0.05, 0.1) is 6.54 Å². The fourth-order valence-electron chi connectivity index (χ4n) is 4.59. The molecule has 0 N–H and O–H groups in total. The highest BCUT2D eigenvalue weighted by atomic mass is 16.6. The van der Waals surface area contributed by atoms with E-state index in [0.29, 0.717) is 24.9 Å². The largest absolute Gasteiger partial charge is 0.431 e. The van der Waals surface area contributed by atoms with Gasteiger partial charge in [0, 0.05) is 18.4 Å². The average Bonchev–Trinajstić information content (AvgIpc) is 2.98. The van der Waals surface area contributed by atoms with Gasteiger partial charge < -0.3 is 4.74 Å². The highest BCUT2D eigenvalue weighted by Crippen LogP contribution is 2.42. The molecule has 0 aromatic heterocycles. The van der Waals surface area contributed by atoms with Gasteiger partial charge in [0.2, 0.25) is 5.72 Å². The Morgan fingerprint density at radius 1 is 1.03 bits per heavy atom. The lowest BCUT2D eigenvalue weighted by molar-refractivity contribution is -0.106. The normalized spacial score (nSPS) is 18.4. The van der Waals surface area contributed by atoms with Crippen molar-refractivity contribution in [1.82, 2.24) is 10.0 Å². The highest BCUT2D eigenvalue weighted by Gasteiger charge is 2.55. The van der Waals surface area contributed by atoms with Crippen LogP contribution < -0.4 is 0 Å². The first-order chi connectivity index (χ1) is 14.7. The first-order valence-corrected chi connectivity index (χ1v) is 11.2. The van der Waals surface area contributed by atoms with Gasteiger partial charge in [-0.1, -0.05) is 69.2 Å². The van der Waals surface area contributed by atoms with Crippen LogP contribution in [0.15, 0.2) is 48.5 Å². The molecule has 0 atom stereocenters. The van der Waals surface area contributed by atoms with Crippen LogP contribution in [0.4, 0.5) is 4.79 Å². The molecular formula is C26H32N2O3. The maximum Gasteiger partial charge on any atom is 0.431 e. The monoisotopic (exact) mass is 420 g/mol. The van der Waals surface area contributed by atoms with E-state index in [2.05, 4.69) is 32.9 Å². The number of nitrogens with zero attached hydrogens (tertiary/aromatic N) is 2. The molecule has 2 aromatic rings. The van der Waals surface area contributed by atoms with Crippen LogP contribution in [-0.2, 0) is 16.7 Å². The van der Waals surface area contributed by atoms with E-state index in [9.17, 15) is 9.59 Å². The fourth-order valence-corrected chi connectivity index (χ4v) is 4.59. The lowest BCUT2D eigenvalue weighted by Crippen LogP contribution is -2.54. The van der Waals surface area contributed by atoms with Crippen molar-refractivity contribution < 1.29 is 14.3 Å². The maximum atomic E-state index is 13.7. The minimum absolute atomic E-state index is 0.0600. The van der Waals surface area contributed by atoms with E-state index in [1.807, 2.05) is 43.3 Å². The number of hydrazine groups is 1. The van der Waals surface area contributed by atoms with Crippen LogP contribution in [0.25, 0.3) is 0 Å². The summed E-state index contributed by atoms with van der Waals surface area (Å²) in [7, 11) is 0. The molecule has 5 nitrogen and oxygen atoms in total. The van der Waals surface area contributed by atoms with Gasteiger partial charge in [0.15, 0.2) is 0 Å². The Morgan fingerprint density at radius 2 is 1.71 bits per heavy atom. The number of rotatable bonds is 3. The number of carbonyl (C=O) groups is 2. The van der Waals surface area contributed by atoms with E-state index < -0.39 is 11.8 Å². The zero-order chi connectivity index (χ0) is 22.2. The van der Waals surface area contributed by atoms with E-state index in [1.54, 1.807) is 5.01 Å². The van der Waals surface area contributed by atoms with Gasteiger partial charge in [-0.15, -0.1) is 0 Å². The summed E-state index contributed by atoms with van der Waals surface area (Å²) in [5.74, 6) is -0.178. The molecule has 164 valence electrons. The summed E-state index contributed by atoms with van der Waals surface area (Å²) >= 11 is 0. The third kappa shape index (κ3) is 4.18. The third-order valence-electron chi connectivity index (χ3n) is 6.36. The van der Waals surface area contributed by atoms with Crippen LogP contribution in [0.1, 0.15) is 79.9 Å². The zero-order valence-corrected chi connectivity index (χ0v) is 19.0. The van der Waals surface area contributed by atoms with Gasteiger partial charge in [-0.2, -0.15) is 0 Å². The summed E-state index contributed by atoms with van der Waals surface area (Å²) in [6.07, 6.45) is 3.90. The summed E-state index contributed by atoms with van der Waals surface area (Å²) < 4.78 is 5.93. The van der Waals surface area contributed by atoms with Gasteiger partial charge in [0.1, 0.15) is 0 Å². The molecule has 1 aliphatic carbocycles. The molecule has 4 rings (SSSR count). The fraction of sp³-hybridized carbons (Fsp3) is 0.462. The van der Waals surface area contributed by atoms with Crippen molar-refractivity contribution in [2.75, 3.05) is 0 Å². The van der Waals surface area contributed by atoms with Crippen molar-refractivity contribution in [2.45, 2.75) is 77.5 Å². The smallest absolute Gasteiger partial charge is 0.419 e. The molecule has 1 spiro atoms. The minimum atomic E-state index is -0.873. The van der Waals surface area contributed by atoms with Gasteiger partial charge in [0.25, 0.3) is 5.91 Å². The molecule has 31 heavy (non-hydrogen) atoms. The Labute approximate surface area is 185 Å². The number of hydrogen-bond donors (Lipinski definition) is 0. The molecule has 0 unspecified atom stereocenters.